The van der Waals surface area contributed by atoms with E-state index in [1.54, 1.807) is 24.2 Å². The number of nitrogens with zero attached hydrogens (tertiary/aromatic N) is 5. The van der Waals surface area contributed by atoms with E-state index in [1.807, 2.05) is 55.5 Å². The van der Waals surface area contributed by atoms with Gasteiger partial charge in [-0.05, 0) is 61.4 Å². The zero-order chi connectivity index (χ0) is 29.5. The molecule has 1 saturated carbocycles. The first-order valence-electron chi connectivity index (χ1n) is 14.0. The first-order valence-corrected chi connectivity index (χ1v) is 14.0. The number of likely N-dealkylation sites (tertiary alicyclic amines) is 1. The van der Waals surface area contributed by atoms with Gasteiger partial charge < -0.3 is 10.2 Å². The lowest BCUT2D eigenvalue weighted by Crippen LogP contribution is -2.49. The van der Waals surface area contributed by atoms with Crippen LogP contribution in [0.4, 0.5) is 4.39 Å². The number of hydrogen-bond donors (Lipinski definition) is 1. The van der Waals surface area contributed by atoms with Crippen LogP contribution in [0, 0.1) is 12.8 Å². The first kappa shape index (κ1) is 27.4. The maximum Gasteiger partial charge on any atom is 0.245 e. The molecule has 2 aromatic carbocycles. The SMILES string of the molecule is CC(=O)c1nn(CC(=O)N2[C@@H]3CC3C[C@H]2C(=O)NC/C(F)=C(\C)c2ccccc2)c2ccc(-c3cnc(C)nc3)cc12. The number of aromatic nitrogens is 4. The summed E-state index contributed by atoms with van der Waals surface area (Å²) in [4.78, 5) is 49.4. The molecule has 1 unspecified atom stereocenters. The number of fused-ring (bicyclic) bond motifs is 2. The van der Waals surface area contributed by atoms with E-state index in [0.717, 1.165) is 23.1 Å². The quantitative estimate of drug-likeness (QED) is 0.314. The molecule has 1 N–H and O–H groups in total. The Balaban J connectivity index is 1.20. The van der Waals surface area contributed by atoms with Crippen LogP contribution in [0.3, 0.4) is 0 Å². The third-order valence-electron chi connectivity index (χ3n) is 8.21. The van der Waals surface area contributed by atoms with Crippen LogP contribution in [0.15, 0.2) is 66.8 Å². The minimum Gasteiger partial charge on any atom is -0.348 e. The van der Waals surface area contributed by atoms with Crippen molar-refractivity contribution in [2.45, 2.75) is 52.2 Å². The highest BCUT2D eigenvalue weighted by atomic mass is 19.1. The molecule has 9 nitrogen and oxygen atoms in total. The van der Waals surface area contributed by atoms with Gasteiger partial charge in [-0.3, -0.25) is 19.1 Å². The number of piperidine rings is 1. The molecule has 3 heterocycles. The molecule has 4 aromatic rings. The fourth-order valence-corrected chi connectivity index (χ4v) is 5.80. The topological polar surface area (TPSA) is 110 Å². The van der Waals surface area contributed by atoms with Gasteiger partial charge in [0.15, 0.2) is 5.78 Å². The van der Waals surface area contributed by atoms with Crippen molar-refractivity contribution in [3.8, 4) is 11.1 Å². The number of amides is 2. The number of hydrogen-bond acceptors (Lipinski definition) is 6. The summed E-state index contributed by atoms with van der Waals surface area (Å²) in [6, 6.07) is 14.0. The first-order chi connectivity index (χ1) is 20.2. The average molecular weight is 567 g/mol. The Morgan fingerprint density at radius 1 is 1.00 bits per heavy atom. The number of carbonyl (C=O) groups excluding carboxylic acids is 3. The number of carbonyl (C=O) groups is 3. The van der Waals surface area contributed by atoms with Gasteiger partial charge in [0.05, 0.1) is 12.1 Å². The maximum atomic E-state index is 14.9. The van der Waals surface area contributed by atoms with Crippen molar-refractivity contribution in [3.63, 3.8) is 0 Å². The summed E-state index contributed by atoms with van der Waals surface area (Å²) in [6.07, 6.45) is 4.84. The second kappa shape index (κ2) is 10.9. The second-order valence-corrected chi connectivity index (χ2v) is 11.0. The number of benzene rings is 2. The van der Waals surface area contributed by atoms with E-state index < -0.39 is 11.9 Å². The third kappa shape index (κ3) is 5.20. The van der Waals surface area contributed by atoms with Crippen molar-refractivity contribution in [2.75, 3.05) is 6.54 Å². The van der Waals surface area contributed by atoms with Gasteiger partial charge in [-0.25, -0.2) is 14.4 Å². The third-order valence-corrected chi connectivity index (χ3v) is 8.21. The molecule has 2 aliphatic rings. The van der Waals surface area contributed by atoms with E-state index in [2.05, 4.69) is 20.4 Å². The Bertz CT molecular complexity index is 1730. The molecule has 1 aliphatic carbocycles. The molecule has 1 saturated heterocycles. The van der Waals surface area contributed by atoms with E-state index in [4.69, 9.17) is 0 Å². The molecule has 0 bridgehead atoms. The van der Waals surface area contributed by atoms with Gasteiger partial charge >= 0.3 is 0 Å². The summed E-state index contributed by atoms with van der Waals surface area (Å²) in [5.41, 5.74) is 3.75. The molecule has 214 valence electrons. The van der Waals surface area contributed by atoms with Crippen LogP contribution in [0.1, 0.15) is 48.6 Å². The second-order valence-electron chi connectivity index (χ2n) is 11.0. The summed E-state index contributed by atoms with van der Waals surface area (Å²) < 4.78 is 16.4. The summed E-state index contributed by atoms with van der Waals surface area (Å²) in [5.74, 6) is -0.348. The van der Waals surface area contributed by atoms with Crippen LogP contribution in [0.5, 0.6) is 0 Å². The minimum absolute atomic E-state index is 0.0121. The summed E-state index contributed by atoms with van der Waals surface area (Å²) in [7, 11) is 0. The lowest BCUT2D eigenvalue weighted by atomic mass is 10.0. The number of aryl methyl sites for hydroxylation is 1. The van der Waals surface area contributed by atoms with Crippen LogP contribution in [0.25, 0.3) is 27.6 Å². The van der Waals surface area contributed by atoms with Crippen molar-refractivity contribution in [1.82, 2.24) is 30.0 Å². The van der Waals surface area contributed by atoms with Gasteiger partial charge in [0.2, 0.25) is 11.8 Å². The number of ketones is 1. The average Bonchev–Trinajstić information content (AvgIpc) is 3.50. The van der Waals surface area contributed by atoms with Crippen molar-refractivity contribution in [2.24, 2.45) is 5.92 Å². The molecule has 10 heteroatoms. The number of allylic oxidation sites excluding steroid dienone is 1. The highest BCUT2D eigenvalue weighted by Gasteiger charge is 2.56. The number of halogens is 1. The van der Waals surface area contributed by atoms with Crippen LogP contribution in [-0.4, -0.2) is 60.9 Å². The Kier molecular flexibility index (Phi) is 7.14. The number of Topliss-reactive ketones (excluding diaryl/α,β-unsaturated/α-hetero) is 1. The fraction of sp³-hybridized carbons (Fsp3) is 0.312. The largest absolute Gasteiger partial charge is 0.348 e. The van der Waals surface area contributed by atoms with E-state index in [9.17, 15) is 18.8 Å². The van der Waals surface area contributed by atoms with Gasteiger partial charge in [0, 0.05) is 36.3 Å². The highest BCUT2D eigenvalue weighted by Crippen LogP contribution is 2.48. The summed E-state index contributed by atoms with van der Waals surface area (Å²) >= 11 is 0. The molecular formula is C32H31FN6O3. The summed E-state index contributed by atoms with van der Waals surface area (Å²) in [5, 5.41) is 7.82. The van der Waals surface area contributed by atoms with Crippen molar-refractivity contribution in [3.05, 3.63) is 83.8 Å². The molecule has 0 spiro atoms. The van der Waals surface area contributed by atoms with Gasteiger partial charge in [-0.2, -0.15) is 5.10 Å². The van der Waals surface area contributed by atoms with E-state index in [1.165, 1.54) is 11.6 Å². The molecule has 2 amide bonds. The standard InChI is InChI=1S/C32H31FN6O3/c1-18(21-7-5-4-6-8-21)26(33)16-36-32(42)29-13-23-12-28(23)39(29)30(41)17-38-27-10-9-22(24-14-34-20(3)35-15-24)11-25(27)31(37-38)19(2)40/h4-11,14-15,23,28-29H,12-13,16-17H2,1-3H3,(H,36,42)/b26-18-/t23?,28-,29+/m1/s1. The lowest BCUT2D eigenvalue weighted by Gasteiger charge is -2.27. The Morgan fingerprint density at radius 2 is 1.74 bits per heavy atom. The zero-order valence-corrected chi connectivity index (χ0v) is 23.7. The zero-order valence-electron chi connectivity index (χ0n) is 23.7. The molecular weight excluding hydrogens is 535 g/mol. The van der Waals surface area contributed by atoms with Gasteiger partial charge in [-0.15, -0.1) is 0 Å². The fourth-order valence-electron chi connectivity index (χ4n) is 5.80. The molecule has 2 fully saturated rings. The van der Waals surface area contributed by atoms with Crippen molar-refractivity contribution < 1.29 is 18.8 Å². The molecule has 42 heavy (non-hydrogen) atoms. The van der Waals surface area contributed by atoms with E-state index in [-0.39, 0.29) is 48.3 Å². The monoisotopic (exact) mass is 566 g/mol. The molecule has 3 atom stereocenters. The molecule has 2 aromatic heterocycles. The Labute approximate surface area is 242 Å². The normalized spacial score (nSPS) is 19.8. The van der Waals surface area contributed by atoms with Crippen LogP contribution >= 0.6 is 0 Å². The van der Waals surface area contributed by atoms with Crippen molar-refractivity contribution in [1.29, 1.82) is 0 Å². The van der Waals surface area contributed by atoms with E-state index >= 15 is 0 Å². The number of nitrogens with one attached hydrogen (secondary N) is 1. The summed E-state index contributed by atoms with van der Waals surface area (Å²) in [6.45, 7) is 4.57. The molecule has 0 radical (unpaired) electrons. The van der Waals surface area contributed by atoms with Gasteiger partial charge in [-0.1, -0.05) is 36.4 Å². The van der Waals surface area contributed by atoms with Gasteiger partial charge in [0.1, 0.15) is 29.9 Å². The Hall–Kier alpha value is -4.73. The minimum atomic E-state index is -0.673. The van der Waals surface area contributed by atoms with Crippen LogP contribution < -0.4 is 5.32 Å². The maximum absolute atomic E-state index is 14.9. The molecule has 6 rings (SSSR count). The smallest absolute Gasteiger partial charge is 0.245 e. The number of rotatable bonds is 8. The predicted molar refractivity (Wildman–Crippen MR) is 156 cm³/mol. The van der Waals surface area contributed by atoms with E-state index in [0.29, 0.717) is 28.7 Å². The van der Waals surface area contributed by atoms with Crippen molar-refractivity contribution >= 4 is 34.1 Å². The van der Waals surface area contributed by atoms with Crippen LogP contribution in [-0.2, 0) is 16.1 Å². The predicted octanol–water partition coefficient (Wildman–Crippen LogP) is 4.51. The Morgan fingerprint density at radius 3 is 2.45 bits per heavy atom. The lowest BCUT2D eigenvalue weighted by molar-refractivity contribution is -0.140. The molecule has 1 aliphatic heterocycles. The van der Waals surface area contributed by atoms with Crippen LogP contribution in [0.2, 0.25) is 0 Å². The highest BCUT2D eigenvalue weighted by molar-refractivity contribution is 6.06. The van der Waals surface area contributed by atoms with Gasteiger partial charge in [0.25, 0.3) is 0 Å².